The number of carbonyl (C=O) groups excluding carboxylic acids is 1. The van der Waals surface area contributed by atoms with Crippen molar-refractivity contribution in [3.05, 3.63) is 0 Å². The molecule has 2 aliphatic heterocycles. The zero-order chi connectivity index (χ0) is 11.2. The van der Waals surface area contributed by atoms with Crippen molar-refractivity contribution in [3.8, 4) is 0 Å². The van der Waals surface area contributed by atoms with Gasteiger partial charge < -0.3 is 10.6 Å². The summed E-state index contributed by atoms with van der Waals surface area (Å²) >= 11 is 1.95. The summed E-state index contributed by atoms with van der Waals surface area (Å²) in [5.74, 6) is 2.55. The van der Waals surface area contributed by atoms with E-state index in [4.69, 9.17) is 0 Å². The molecule has 92 valence electrons. The summed E-state index contributed by atoms with van der Waals surface area (Å²) in [6.45, 7) is 4.57. The molecule has 2 N–H and O–H groups in total. The van der Waals surface area contributed by atoms with E-state index in [1.165, 1.54) is 12.2 Å². The SMILES string of the molecule is O=C(CN1CCNCC1)NC1CCCSC1. The molecule has 2 rings (SSSR count). The average Bonchev–Trinajstić information content (AvgIpc) is 2.31. The van der Waals surface area contributed by atoms with Crippen LogP contribution in [0.25, 0.3) is 0 Å². The van der Waals surface area contributed by atoms with Gasteiger partial charge in [0.1, 0.15) is 0 Å². The molecule has 0 aromatic carbocycles. The van der Waals surface area contributed by atoms with E-state index < -0.39 is 0 Å². The van der Waals surface area contributed by atoms with E-state index in [2.05, 4.69) is 15.5 Å². The number of piperazine rings is 1. The second kappa shape index (κ2) is 6.47. The first kappa shape index (κ1) is 12.2. The summed E-state index contributed by atoms with van der Waals surface area (Å²) < 4.78 is 0. The number of rotatable bonds is 3. The predicted molar refractivity (Wildman–Crippen MR) is 67.8 cm³/mol. The Hall–Kier alpha value is -0.260. The minimum Gasteiger partial charge on any atom is -0.351 e. The summed E-state index contributed by atoms with van der Waals surface area (Å²) in [6, 6.07) is 0.411. The Kier molecular flexibility index (Phi) is 4.93. The van der Waals surface area contributed by atoms with Crippen LogP contribution in [0.2, 0.25) is 0 Å². The van der Waals surface area contributed by atoms with Crippen molar-refractivity contribution in [3.63, 3.8) is 0 Å². The molecule has 0 bridgehead atoms. The third-order valence-corrected chi connectivity index (χ3v) is 4.32. The van der Waals surface area contributed by atoms with Gasteiger partial charge in [-0.05, 0) is 18.6 Å². The fourth-order valence-corrected chi connectivity index (χ4v) is 3.27. The lowest BCUT2D eigenvalue weighted by atomic mass is 10.2. The molecular formula is C11H21N3OS. The molecule has 2 saturated heterocycles. The number of thioether (sulfide) groups is 1. The maximum absolute atomic E-state index is 11.8. The summed E-state index contributed by atoms with van der Waals surface area (Å²) in [7, 11) is 0. The van der Waals surface area contributed by atoms with Crippen molar-refractivity contribution in [2.45, 2.75) is 18.9 Å². The van der Waals surface area contributed by atoms with Crippen LogP contribution >= 0.6 is 11.8 Å². The van der Waals surface area contributed by atoms with Gasteiger partial charge in [-0.3, -0.25) is 9.69 Å². The van der Waals surface area contributed by atoms with E-state index in [0.29, 0.717) is 12.6 Å². The Balaban J connectivity index is 1.66. The summed E-state index contributed by atoms with van der Waals surface area (Å²) in [5, 5.41) is 6.44. The van der Waals surface area contributed by atoms with Crippen molar-refractivity contribution in [1.82, 2.24) is 15.5 Å². The first-order valence-electron chi connectivity index (χ1n) is 6.15. The molecular weight excluding hydrogens is 222 g/mol. The normalized spacial score (nSPS) is 27.6. The van der Waals surface area contributed by atoms with Crippen LogP contribution in [0.3, 0.4) is 0 Å². The number of hydrogen-bond acceptors (Lipinski definition) is 4. The van der Waals surface area contributed by atoms with Crippen molar-refractivity contribution in [1.29, 1.82) is 0 Å². The lowest BCUT2D eigenvalue weighted by Crippen LogP contribution is -2.49. The third-order valence-electron chi connectivity index (χ3n) is 3.10. The molecule has 2 heterocycles. The number of nitrogens with one attached hydrogen (secondary N) is 2. The van der Waals surface area contributed by atoms with E-state index in [1.807, 2.05) is 11.8 Å². The molecule has 0 radical (unpaired) electrons. The van der Waals surface area contributed by atoms with Crippen LogP contribution < -0.4 is 10.6 Å². The number of amides is 1. The molecule has 0 saturated carbocycles. The number of nitrogens with zero attached hydrogens (tertiary/aromatic N) is 1. The van der Waals surface area contributed by atoms with Gasteiger partial charge in [0.15, 0.2) is 0 Å². The standard InChI is InChI=1S/C11H21N3OS/c15-11(8-14-5-3-12-4-6-14)13-10-2-1-7-16-9-10/h10,12H,1-9H2,(H,13,15). The van der Waals surface area contributed by atoms with E-state index in [1.54, 1.807) is 0 Å². The van der Waals surface area contributed by atoms with E-state index >= 15 is 0 Å². The van der Waals surface area contributed by atoms with Gasteiger partial charge in [-0.2, -0.15) is 11.8 Å². The van der Waals surface area contributed by atoms with Crippen molar-refractivity contribution >= 4 is 17.7 Å². The highest BCUT2D eigenvalue weighted by atomic mass is 32.2. The van der Waals surface area contributed by atoms with E-state index in [9.17, 15) is 4.79 Å². The van der Waals surface area contributed by atoms with Crippen LogP contribution in [-0.4, -0.2) is 61.1 Å². The molecule has 2 fully saturated rings. The molecule has 0 aromatic heterocycles. The lowest BCUT2D eigenvalue weighted by molar-refractivity contribution is -0.123. The molecule has 16 heavy (non-hydrogen) atoms. The average molecular weight is 243 g/mol. The molecule has 1 amide bonds. The van der Waals surface area contributed by atoms with Crippen LogP contribution in [0.15, 0.2) is 0 Å². The topological polar surface area (TPSA) is 44.4 Å². The van der Waals surface area contributed by atoms with Gasteiger partial charge in [-0.1, -0.05) is 0 Å². The third kappa shape index (κ3) is 3.96. The number of carbonyl (C=O) groups is 1. The van der Waals surface area contributed by atoms with Gasteiger partial charge in [-0.15, -0.1) is 0 Å². The fraction of sp³-hybridized carbons (Fsp3) is 0.909. The second-order valence-corrected chi connectivity index (χ2v) is 5.66. The molecule has 5 heteroatoms. The number of hydrogen-bond donors (Lipinski definition) is 2. The van der Waals surface area contributed by atoms with Crippen LogP contribution in [-0.2, 0) is 4.79 Å². The zero-order valence-corrected chi connectivity index (χ0v) is 10.5. The van der Waals surface area contributed by atoms with Crippen LogP contribution in [0, 0.1) is 0 Å². The fourth-order valence-electron chi connectivity index (χ4n) is 2.20. The van der Waals surface area contributed by atoms with Gasteiger partial charge in [0.05, 0.1) is 6.54 Å². The minimum absolute atomic E-state index is 0.203. The Bertz CT molecular complexity index is 203. The molecule has 2 aliphatic rings. The first-order valence-corrected chi connectivity index (χ1v) is 7.30. The highest BCUT2D eigenvalue weighted by Crippen LogP contribution is 2.16. The Morgan fingerprint density at radius 1 is 1.44 bits per heavy atom. The smallest absolute Gasteiger partial charge is 0.234 e. The highest BCUT2D eigenvalue weighted by molar-refractivity contribution is 7.99. The Morgan fingerprint density at radius 2 is 2.25 bits per heavy atom. The van der Waals surface area contributed by atoms with Gasteiger partial charge >= 0.3 is 0 Å². The van der Waals surface area contributed by atoms with Gasteiger partial charge in [-0.25, -0.2) is 0 Å². The van der Waals surface area contributed by atoms with Crippen molar-refractivity contribution in [2.24, 2.45) is 0 Å². The minimum atomic E-state index is 0.203. The van der Waals surface area contributed by atoms with Crippen LogP contribution in [0.4, 0.5) is 0 Å². The van der Waals surface area contributed by atoms with Gasteiger partial charge in [0.2, 0.25) is 5.91 Å². The maximum atomic E-state index is 11.8. The molecule has 1 atom stereocenters. The monoisotopic (exact) mass is 243 g/mol. The Labute approximate surface area is 102 Å². The van der Waals surface area contributed by atoms with Crippen molar-refractivity contribution in [2.75, 3.05) is 44.2 Å². The predicted octanol–water partition coefficient (Wildman–Crippen LogP) is -0.0966. The summed E-state index contributed by atoms with van der Waals surface area (Å²) in [6.07, 6.45) is 2.39. The second-order valence-electron chi connectivity index (χ2n) is 4.51. The quantitative estimate of drug-likeness (QED) is 0.727. The van der Waals surface area contributed by atoms with Crippen LogP contribution in [0.5, 0.6) is 0 Å². The summed E-state index contributed by atoms with van der Waals surface area (Å²) in [5.41, 5.74) is 0. The van der Waals surface area contributed by atoms with E-state index in [0.717, 1.165) is 38.4 Å². The van der Waals surface area contributed by atoms with Gasteiger partial charge in [0.25, 0.3) is 0 Å². The molecule has 4 nitrogen and oxygen atoms in total. The molecule has 0 spiro atoms. The van der Waals surface area contributed by atoms with E-state index in [-0.39, 0.29) is 5.91 Å². The highest BCUT2D eigenvalue weighted by Gasteiger charge is 2.18. The van der Waals surface area contributed by atoms with Gasteiger partial charge in [0, 0.05) is 38.0 Å². The maximum Gasteiger partial charge on any atom is 0.234 e. The lowest BCUT2D eigenvalue weighted by Gasteiger charge is -2.28. The van der Waals surface area contributed by atoms with Crippen molar-refractivity contribution < 1.29 is 4.79 Å². The zero-order valence-electron chi connectivity index (χ0n) is 9.71. The molecule has 0 aromatic rings. The largest absolute Gasteiger partial charge is 0.351 e. The van der Waals surface area contributed by atoms with Crippen LogP contribution in [0.1, 0.15) is 12.8 Å². The first-order chi connectivity index (χ1) is 7.84. The Morgan fingerprint density at radius 3 is 2.94 bits per heavy atom. The molecule has 1 unspecified atom stereocenters. The summed E-state index contributed by atoms with van der Waals surface area (Å²) in [4.78, 5) is 14.0. The molecule has 0 aliphatic carbocycles.